The highest BCUT2D eigenvalue weighted by Gasteiger charge is 2.59. The Balaban J connectivity index is 0.000000182. The second-order valence-corrected chi connectivity index (χ2v) is 19.9. The first kappa shape index (κ1) is 44.5. The van der Waals surface area contributed by atoms with E-state index in [2.05, 4.69) is 0 Å². The molecule has 1 saturated heterocycles. The molecule has 310 valence electrons. The van der Waals surface area contributed by atoms with E-state index in [4.69, 9.17) is 23.7 Å². The Labute approximate surface area is 325 Å². The van der Waals surface area contributed by atoms with Crippen molar-refractivity contribution in [3.05, 3.63) is 0 Å². The second-order valence-electron chi connectivity index (χ2n) is 19.9. The van der Waals surface area contributed by atoms with Crippen LogP contribution < -0.4 is 0 Å². The van der Waals surface area contributed by atoms with Crippen LogP contribution in [-0.4, -0.2) is 65.8 Å². The molecule has 3 unspecified atom stereocenters. The molecule has 9 aliphatic rings. The summed E-state index contributed by atoms with van der Waals surface area (Å²) in [5, 5.41) is 10.6. The van der Waals surface area contributed by atoms with E-state index in [9.17, 15) is 24.3 Å². The van der Waals surface area contributed by atoms with E-state index in [-0.39, 0.29) is 37.7 Å². The van der Waals surface area contributed by atoms with Gasteiger partial charge in [-0.25, -0.2) is 4.79 Å². The molecular weight excluding hydrogens is 688 g/mol. The summed E-state index contributed by atoms with van der Waals surface area (Å²) in [6.07, 6.45) is 14.9. The van der Waals surface area contributed by atoms with Gasteiger partial charge in [0, 0.05) is 12.8 Å². The van der Waals surface area contributed by atoms with Crippen LogP contribution in [0.1, 0.15) is 166 Å². The summed E-state index contributed by atoms with van der Waals surface area (Å²) < 4.78 is 27.1. The van der Waals surface area contributed by atoms with E-state index in [0.29, 0.717) is 43.8 Å². The van der Waals surface area contributed by atoms with E-state index in [1.807, 2.05) is 48.5 Å². The monoisotopic (exact) mass is 763 g/mol. The average Bonchev–Trinajstić information content (AvgIpc) is 3.48. The van der Waals surface area contributed by atoms with Crippen LogP contribution >= 0.6 is 0 Å². The molecule has 8 bridgehead atoms. The molecule has 3 atom stereocenters. The van der Waals surface area contributed by atoms with E-state index in [0.717, 1.165) is 62.2 Å². The molecule has 9 fully saturated rings. The van der Waals surface area contributed by atoms with E-state index >= 15 is 0 Å². The zero-order chi connectivity index (χ0) is 39.0. The number of cyclic esters (lactones) is 1. The fraction of sp³-hybridized carbons (Fsp3) is 0.909. The van der Waals surface area contributed by atoms with Crippen molar-refractivity contribution in [1.82, 2.24) is 0 Å². The summed E-state index contributed by atoms with van der Waals surface area (Å²) in [5.41, 5.74) is -2.24. The third-order valence-electron chi connectivity index (χ3n) is 14.3. The van der Waals surface area contributed by atoms with Gasteiger partial charge in [-0.2, -0.15) is 0 Å². The van der Waals surface area contributed by atoms with Crippen molar-refractivity contribution in [3.63, 3.8) is 0 Å². The standard InChI is InChI=1S/C17H28O3.C16H26O3.C10H16O4.CH4/c1-4-17(2,3)16(18)20-10-19-15-13-6-11-5-12(8-13)9-14(15)7-11;1-4-14(2,3)13(17)19-16-8-11-5-12(9-16)7-15(18,6-11)10-16;1-4-10(2,3)9(12)14-7-5-6-13-8(7)11;/h11-15H,4-10H2,1-3H3;11-12,18H,4-10H2,1-3H3;7H,4-6H2,1-3H3;1H4. The normalized spacial score (nSPS) is 35.8. The van der Waals surface area contributed by atoms with Crippen LogP contribution in [0.25, 0.3) is 0 Å². The molecule has 0 radical (unpaired) electrons. The second kappa shape index (κ2) is 17.1. The lowest BCUT2D eigenvalue weighted by atomic mass is 9.52. The van der Waals surface area contributed by atoms with E-state index < -0.39 is 33.9 Å². The third kappa shape index (κ3) is 10.2. The molecule has 1 aliphatic heterocycles. The maximum absolute atomic E-state index is 12.4. The lowest BCUT2D eigenvalue weighted by Gasteiger charge is -2.59. The van der Waals surface area contributed by atoms with Gasteiger partial charge in [0.1, 0.15) is 5.60 Å². The Morgan fingerprint density at radius 2 is 1.20 bits per heavy atom. The van der Waals surface area contributed by atoms with Crippen molar-refractivity contribution in [2.45, 2.75) is 189 Å². The fourth-order valence-electron chi connectivity index (χ4n) is 10.4. The minimum absolute atomic E-state index is 0. The molecular formula is C44H74O10. The number of carbonyl (C=O) groups excluding carboxylic acids is 4. The van der Waals surface area contributed by atoms with Gasteiger partial charge >= 0.3 is 23.9 Å². The zero-order valence-electron chi connectivity index (χ0n) is 34.3. The number of hydrogen-bond donors (Lipinski definition) is 1. The number of ether oxygens (including phenoxy) is 5. The van der Waals surface area contributed by atoms with E-state index in [1.165, 1.54) is 38.5 Å². The Morgan fingerprint density at radius 1 is 0.722 bits per heavy atom. The highest BCUT2D eigenvalue weighted by Crippen LogP contribution is 2.59. The van der Waals surface area contributed by atoms with Gasteiger partial charge in [0.15, 0.2) is 6.79 Å². The van der Waals surface area contributed by atoms with Gasteiger partial charge in [0.2, 0.25) is 6.10 Å². The lowest BCUT2D eigenvalue weighted by Crippen LogP contribution is -2.61. The maximum Gasteiger partial charge on any atom is 0.347 e. The molecule has 0 aromatic heterocycles. The summed E-state index contributed by atoms with van der Waals surface area (Å²) in [7, 11) is 0. The van der Waals surface area contributed by atoms with Crippen molar-refractivity contribution in [1.29, 1.82) is 0 Å². The van der Waals surface area contributed by atoms with Gasteiger partial charge in [-0.3, -0.25) is 14.4 Å². The number of hydrogen-bond acceptors (Lipinski definition) is 10. The summed E-state index contributed by atoms with van der Waals surface area (Å²) in [5.74, 6) is 3.51. The number of rotatable bonds is 11. The number of carbonyl (C=O) groups is 4. The Morgan fingerprint density at radius 3 is 1.67 bits per heavy atom. The number of aliphatic hydroxyl groups is 1. The van der Waals surface area contributed by atoms with Crippen LogP contribution in [0.2, 0.25) is 0 Å². The van der Waals surface area contributed by atoms with Gasteiger partial charge in [-0.1, -0.05) is 28.2 Å². The molecule has 54 heavy (non-hydrogen) atoms. The third-order valence-corrected chi connectivity index (χ3v) is 14.3. The fourth-order valence-corrected chi connectivity index (χ4v) is 10.4. The number of esters is 4. The minimum atomic E-state index is -0.687. The Bertz CT molecular complexity index is 1290. The SMILES string of the molecule is C.CCC(C)(C)C(=O)OC12CC3CC(CC(O)(C3)C1)C2.CCC(C)(C)C(=O)OC1CCOC1=O.CCC(C)(C)C(=O)OCOC1C2CC3CC(C2)CC1C3. The van der Waals surface area contributed by atoms with Gasteiger partial charge in [-0.15, -0.1) is 0 Å². The summed E-state index contributed by atoms with van der Waals surface area (Å²) in [6.45, 7) is 17.8. The minimum Gasteiger partial charge on any atom is -0.463 e. The smallest absolute Gasteiger partial charge is 0.347 e. The van der Waals surface area contributed by atoms with Crippen LogP contribution in [0.4, 0.5) is 0 Å². The molecule has 10 heteroatoms. The van der Waals surface area contributed by atoms with Gasteiger partial charge in [-0.05, 0) is 161 Å². The van der Waals surface area contributed by atoms with Crippen molar-refractivity contribution in [2.75, 3.05) is 13.4 Å². The van der Waals surface area contributed by atoms with Crippen molar-refractivity contribution >= 4 is 23.9 Å². The average molecular weight is 763 g/mol. The highest BCUT2D eigenvalue weighted by atomic mass is 16.7. The van der Waals surface area contributed by atoms with Crippen LogP contribution in [0, 0.1) is 51.8 Å². The molecule has 0 spiro atoms. The summed E-state index contributed by atoms with van der Waals surface area (Å²) >= 11 is 0. The molecule has 0 aromatic rings. The molecule has 9 rings (SSSR count). The van der Waals surface area contributed by atoms with Gasteiger partial charge in [0.05, 0.1) is 34.6 Å². The molecule has 1 N–H and O–H groups in total. The summed E-state index contributed by atoms with van der Waals surface area (Å²) in [4.78, 5) is 46.9. The molecule has 10 nitrogen and oxygen atoms in total. The zero-order valence-corrected chi connectivity index (χ0v) is 34.3. The van der Waals surface area contributed by atoms with Crippen molar-refractivity contribution < 1.29 is 48.0 Å². The molecule has 0 amide bonds. The highest BCUT2D eigenvalue weighted by molar-refractivity contribution is 5.82. The lowest BCUT2D eigenvalue weighted by molar-refractivity contribution is -0.225. The largest absolute Gasteiger partial charge is 0.463 e. The molecule has 1 heterocycles. The molecule has 0 aromatic carbocycles. The van der Waals surface area contributed by atoms with Crippen LogP contribution in [0.5, 0.6) is 0 Å². The van der Waals surface area contributed by atoms with Gasteiger partial charge in [0.25, 0.3) is 0 Å². The van der Waals surface area contributed by atoms with Crippen molar-refractivity contribution in [3.8, 4) is 0 Å². The first-order valence-corrected chi connectivity index (χ1v) is 20.8. The Kier molecular flexibility index (Phi) is 14.1. The first-order chi connectivity index (χ1) is 24.7. The van der Waals surface area contributed by atoms with Crippen LogP contribution in [0.3, 0.4) is 0 Å². The summed E-state index contributed by atoms with van der Waals surface area (Å²) in [6, 6.07) is 0. The van der Waals surface area contributed by atoms with Crippen molar-refractivity contribution in [2.24, 2.45) is 51.8 Å². The maximum atomic E-state index is 12.4. The predicted molar refractivity (Wildman–Crippen MR) is 206 cm³/mol. The molecule has 8 aliphatic carbocycles. The predicted octanol–water partition coefficient (Wildman–Crippen LogP) is 8.73. The van der Waals surface area contributed by atoms with Gasteiger partial charge < -0.3 is 28.8 Å². The topological polar surface area (TPSA) is 135 Å². The van der Waals surface area contributed by atoms with Crippen LogP contribution in [-0.2, 0) is 42.9 Å². The van der Waals surface area contributed by atoms with E-state index in [1.54, 1.807) is 13.8 Å². The van der Waals surface area contributed by atoms with Crippen LogP contribution in [0.15, 0.2) is 0 Å². The Hall–Kier alpha value is -2.20. The quantitative estimate of drug-likeness (QED) is 0.124. The first-order valence-electron chi connectivity index (χ1n) is 20.8. The molecule has 8 saturated carbocycles.